The zero-order chi connectivity index (χ0) is 10.7. The zero-order valence-corrected chi connectivity index (χ0v) is 9.64. The average Bonchev–Trinajstić information content (AvgIpc) is 2.60. The number of aryl methyl sites for hydroxylation is 1. The minimum Gasteiger partial charge on any atom is -0.378 e. The standard InChI is InChI=1S/C11H14N2OS/c1-2-3-9-5-15-10(13-9)4-11(6-12)7-14-8-11/h5H,2-4,7-8H2,1H3. The van der Waals surface area contributed by atoms with E-state index < -0.39 is 0 Å². The Bertz CT molecular complexity index is 376. The van der Waals surface area contributed by atoms with Gasteiger partial charge in [0.05, 0.1) is 30.0 Å². The van der Waals surface area contributed by atoms with Crippen molar-refractivity contribution in [1.82, 2.24) is 4.98 Å². The first-order valence-corrected chi connectivity index (χ1v) is 6.08. The lowest BCUT2D eigenvalue weighted by molar-refractivity contribution is -0.0765. The normalized spacial score (nSPS) is 18.1. The molecule has 1 aliphatic rings. The number of hydrogen-bond acceptors (Lipinski definition) is 4. The van der Waals surface area contributed by atoms with Crippen LogP contribution in [0.25, 0.3) is 0 Å². The van der Waals surface area contributed by atoms with Crippen LogP contribution in [-0.4, -0.2) is 18.2 Å². The number of hydrogen-bond donors (Lipinski definition) is 0. The lowest BCUT2D eigenvalue weighted by atomic mass is 9.84. The second-order valence-electron chi connectivity index (χ2n) is 4.04. The van der Waals surface area contributed by atoms with Crippen molar-refractivity contribution in [3.8, 4) is 6.07 Å². The van der Waals surface area contributed by atoms with Crippen molar-refractivity contribution in [2.24, 2.45) is 5.41 Å². The third kappa shape index (κ3) is 2.19. The van der Waals surface area contributed by atoms with Crippen molar-refractivity contribution in [2.75, 3.05) is 13.2 Å². The molecule has 2 heterocycles. The molecular formula is C11H14N2OS. The van der Waals surface area contributed by atoms with Crippen LogP contribution < -0.4 is 0 Å². The van der Waals surface area contributed by atoms with Crippen LogP contribution in [0.4, 0.5) is 0 Å². The summed E-state index contributed by atoms with van der Waals surface area (Å²) in [5.74, 6) is 0. The molecule has 80 valence electrons. The second-order valence-corrected chi connectivity index (χ2v) is 4.99. The summed E-state index contributed by atoms with van der Waals surface area (Å²) in [6, 6.07) is 2.35. The van der Waals surface area contributed by atoms with E-state index in [1.54, 1.807) is 11.3 Å². The summed E-state index contributed by atoms with van der Waals surface area (Å²) in [5.41, 5.74) is 0.868. The van der Waals surface area contributed by atoms with Gasteiger partial charge in [-0.3, -0.25) is 0 Å². The van der Waals surface area contributed by atoms with E-state index in [-0.39, 0.29) is 5.41 Å². The van der Waals surface area contributed by atoms with Gasteiger partial charge in [0, 0.05) is 11.8 Å². The highest BCUT2D eigenvalue weighted by atomic mass is 32.1. The fraction of sp³-hybridized carbons (Fsp3) is 0.636. The van der Waals surface area contributed by atoms with Crippen LogP contribution in [0.5, 0.6) is 0 Å². The van der Waals surface area contributed by atoms with Crippen molar-refractivity contribution in [3.05, 3.63) is 16.1 Å². The van der Waals surface area contributed by atoms with Gasteiger partial charge in [-0.2, -0.15) is 5.26 Å². The van der Waals surface area contributed by atoms with Crippen LogP contribution in [0.1, 0.15) is 24.0 Å². The van der Waals surface area contributed by atoms with E-state index >= 15 is 0 Å². The molecular weight excluding hydrogens is 208 g/mol. The molecule has 3 nitrogen and oxygen atoms in total. The molecule has 2 rings (SSSR count). The third-order valence-electron chi connectivity index (χ3n) is 2.59. The van der Waals surface area contributed by atoms with E-state index in [0.717, 1.165) is 30.0 Å². The summed E-state index contributed by atoms with van der Waals surface area (Å²) < 4.78 is 5.11. The molecule has 0 spiro atoms. The Balaban J connectivity index is 2.01. The fourth-order valence-electron chi connectivity index (χ4n) is 1.65. The third-order valence-corrected chi connectivity index (χ3v) is 3.49. The van der Waals surface area contributed by atoms with Gasteiger partial charge in [0.15, 0.2) is 0 Å². The van der Waals surface area contributed by atoms with E-state index in [1.807, 2.05) is 0 Å². The molecule has 0 unspecified atom stereocenters. The van der Waals surface area contributed by atoms with Crippen LogP contribution in [0.15, 0.2) is 5.38 Å². The van der Waals surface area contributed by atoms with Crippen LogP contribution >= 0.6 is 11.3 Å². The topological polar surface area (TPSA) is 45.9 Å². The van der Waals surface area contributed by atoms with Gasteiger partial charge >= 0.3 is 0 Å². The number of aromatic nitrogens is 1. The van der Waals surface area contributed by atoms with Crippen LogP contribution in [0.3, 0.4) is 0 Å². The Morgan fingerprint density at radius 3 is 3.00 bits per heavy atom. The maximum Gasteiger partial charge on any atom is 0.110 e. The number of nitrogens with zero attached hydrogens (tertiary/aromatic N) is 2. The molecule has 1 aromatic heterocycles. The van der Waals surface area contributed by atoms with Gasteiger partial charge in [0.2, 0.25) is 0 Å². The van der Waals surface area contributed by atoms with Crippen molar-refractivity contribution in [3.63, 3.8) is 0 Å². The molecule has 4 heteroatoms. The number of rotatable bonds is 4. The smallest absolute Gasteiger partial charge is 0.110 e. The number of thiazole rings is 1. The molecule has 1 saturated heterocycles. The molecule has 0 saturated carbocycles. The summed E-state index contributed by atoms with van der Waals surface area (Å²) in [7, 11) is 0. The van der Waals surface area contributed by atoms with Crippen molar-refractivity contribution in [2.45, 2.75) is 26.2 Å². The van der Waals surface area contributed by atoms with Gasteiger partial charge in [0.1, 0.15) is 5.41 Å². The van der Waals surface area contributed by atoms with Crippen molar-refractivity contribution < 1.29 is 4.74 Å². The van der Waals surface area contributed by atoms with Gasteiger partial charge in [-0.1, -0.05) is 13.3 Å². The highest BCUT2D eigenvalue weighted by molar-refractivity contribution is 7.09. The largest absolute Gasteiger partial charge is 0.378 e. The molecule has 15 heavy (non-hydrogen) atoms. The molecule has 0 atom stereocenters. The minimum absolute atomic E-state index is 0.290. The summed E-state index contributed by atoms with van der Waals surface area (Å²) in [6.07, 6.45) is 2.90. The van der Waals surface area contributed by atoms with Gasteiger partial charge < -0.3 is 4.74 Å². The molecule has 0 bridgehead atoms. The maximum absolute atomic E-state index is 9.05. The molecule has 0 amide bonds. The maximum atomic E-state index is 9.05. The Morgan fingerprint density at radius 2 is 2.47 bits per heavy atom. The first kappa shape index (κ1) is 10.6. The fourth-order valence-corrected chi connectivity index (χ4v) is 2.62. The summed E-state index contributed by atoms with van der Waals surface area (Å²) in [6.45, 7) is 3.27. The molecule has 0 aromatic carbocycles. The first-order valence-electron chi connectivity index (χ1n) is 5.20. The van der Waals surface area contributed by atoms with Gasteiger partial charge in [-0.05, 0) is 6.42 Å². The Labute approximate surface area is 93.7 Å². The molecule has 0 aliphatic carbocycles. The number of nitriles is 1. The Morgan fingerprint density at radius 1 is 1.67 bits per heavy atom. The Hall–Kier alpha value is -0.920. The summed E-state index contributed by atoms with van der Waals surface area (Å²) >= 11 is 1.66. The van der Waals surface area contributed by atoms with E-state index in [0.29, 0.717) is 13.2 Å². The molecule has 1 aromatic rings. The lowest BCUT2D eigenvalue weighted by Crippen LogP contribution is -2.43. The molecule has 0 N–H and O–H groups in total. The predicted octanol–water partition coefficient (Wildman–Crippen LogP) is 2.18. The van der Waals surface area contributed by atoms with Crippen molar-refractivity contribution >= 4 is 11.3 Å². The summed E-state index contributed by atoms with van der Waals surface area (Å²) in [5, 5.41) is 12.2. The molecule has 1 aliphatic heterocycles. The van der Waals surface area contributed by atoms with E-state index in [4.69, 9.17) is 10.00 Å². The number of ether oxygens (including phenoxy) is 1. The van der Waals surface area contributed by atoms with E-state index in [2.05, 4.69) is 23.4 Å². The first-order chi connectivity index (χ1) is 7.28. The van der Waals surface area contributed by atoms with Gasteiger partial charge in [-0.15, -0.1) is 11.3 Å². The van der Waals surface area contributed by atoms with Crippen LogP contribution in [0, 0.1) is 16.7 Å². The lowest BCUT2D eigenvalue weighted by Gasteiger charge is -2.34. The molecule has 1 fully saturated rings. The predicted molar refractivity (Wildman–Crippen MR) is 58.7 cm³/mol. The quantitative estimate of drug-likeness (QED) is 0.784. The van der Waals surface area contributed by atoms with E-state index in [9.17, 15) is 0 Å². The van der Waals surface area contributed by atoms with Crippen LogP contribution in [-0.2, 0) is 17.6 Å². The van der Waals surface area contributed by atoms with Gasteiger partial charge in [-0.25, -0.2) is 4.98 Å². The minimum atomic E-state index is -0.290. The average molecular weight is 222 g/mol. The second kappa shape index (κ2) is 4.30. The monoisotopic (exact) mass is 222 g/mol. The SMILES string of the molecule is CCCc1csc(CC2(C#N)COC2)n1. The van der Waals surface area contributed by atoms with Crippen LogP contribution in [0.2, 0.25) is 0 Å². The van der Waals surface area contributed by atoms with Crippen molar-refractivity contribution in [1.29, 1.82) is 5.26 Å². The van der Waals surface area contributed by atoms with Gasteiger partial charge in [0.25, 0.3) is 0 Å². The Kier molecular flexibility index (Phi) is 3.03. The zero-order valence-electron chi connectivity index (χ0n) is 8.82. The van der Waals surface area contributed by atoms with E-state index in [1.165, 1.54) is 0 Å². The summed E-state index contributed by atoms with van der Waals surface area (Å²) in [4.78, 5) is 4.53. The molecule has 0 radical (unpaired) electrons. The highest BCUT2D eigenvalue weighted by Crippen LogP contribution is 2.31. The highest BCUT2D eigenvalue weighted by Gasteiger charge is 2.39.